The Bertz CT molecular complexity index is 1350. The van der Waals surface area contributed by atoms with Gasteiger partial charge in [-0.2, -0.15) is 0 Å². The molecule has 0 unspecified atom stereocenters. The number of benzene rings is 3. The Morgan fingerprint density at radius 3 is 2.67 bits per heavy atom. The molecule has 0 saturated carbocycles. The lowest BCUT2D eigenvalue weighted by atomic mass is 9.75. The van der Waals surface area contributed by atoms with E-state index in [1.165, 1.54) is 11.1 Å². The fourth-order valence-electron chi connectivity index (χ4n) is 5.31. The molecule has 36 heavy (non-hydrogen) atoms. The molecule has 5 rings (SSSR count). The van der Waals surface area contributed by atoms with Crippen LogP contribution in [0.5, 0.6) is 11.5 Å². The molecule has 5 nitrogen and oxygen atoms in total. The van der Waals surface area contributed by atoms with Crippen molar-refractivity contribution in [3.63, 3.8) is 0 Å². The van der Waals surface area contributed by atoms with E-state index < -0.39 is 5.66 Å². The van der Waals surface area contributed by atoms with Crippen LogP contribution < -0.4 is 19.7 Å². The number of carbonyl (C=O) groups excluding carboxylic acids is 1. The van der Waals surface area contributed by atoms with E-state index in [1.807, 2.05) is 49.4 Å². The second kappa shape index (κ2) is 9.21. The number of hydrogen-bond donors (Lipinski definition) is 1. The molecule has 0 bridgehead atoms. The maximum absolute atomic E-state index is 12.6. The van der Waals surface area contributed by atoms with Gasteiger partial charge >= 0.3 is 0 Å². The van der Waals surface area contributed by atoms with E-state index in [2.05, 4.69) is 61.3 Å². The fraction of sp³-hybridized carbons (Fsp3) is 0.300. The molecule has 6 heteroatoms. The monoisotopic (exact) mass is 502 g/mol. The first-order valence-electron chi connectivity index (χ1n) is 12.3. The fourth-order valence-corrected chi connectivity index (χ4v) is 5.52. The third-order valence-electron chi connectivity index (χ3n) is 7.19. The van der Waals surface area contributed by atoms with Crippen LogP contribution in [0.3, 0.4) is 0 Å². The summed E-state index contributed by atoms with van der Waals surface area (Å²) >= 11 is 6.10. The molecule has 2 aliphatic rings. The highest BCUT2D eigenvalue weighted by molar-refractivity contribution is 6.30. The largest absolute Gasteiger partial charge is 0.490 e. The minimum Gasteiger partial charge on any atom is -0.490 e. The van der Waals surface area contributed by atoms with Crippen LogP contribution in [0.4, 0.5) is 5.69 Å². The van der Waals surface area contributed by atoms with Gasteiger partial charge in [-0.25, -0.2) is 0 Å². The van der Waals surface area contributed by atoms with Crippen LogP contribution in [-0.2, 0) is 16.8 Å². The van der Waals surface area contributed by atoms with Crippen molar-refractivity contribution < 1.29 is 14.3 Å². The lowest BCUT2D eigenvalue weighted by molar-refractivity contribution is -0.118. The Morgan fingerprint density at radius 1 is 1.06 bits per heavy atom. The first kappa shape index (κ1) is 24.3. The molecule has 0 radical (unpaired) electrons. The van der Waals surface area contributed by atoms with Gasteiger partial charge in [0, 0.05) is 16.1 Å². The van der Waals surface area contributed by atoms with Crippen molar-refractivity contribution in [2.75, 3.05) is 18.1 Å². The summed E-state index contributed by atoms with van der Waals surface area (Å²) in [4.78, 5) is 14.8. The van der Waals surface area contributed by atoms with Crippen molar-refractivity contribution in [3.05, 3.63) is 94.0 Å². The lowest BCUT2D eigenvalue weighted by Gasteiger charge is -2.40. The second-order valence-electron chi connectivity index (χ2n) is 9.94. The van der Waals surface area contributed by atoms with Gasteiger partial charge in [0.15, 0.2) is 11.5 Å². The molecule has 3 aromatic rings. The summed E-state index contributed by atoms with van der Waals surface area (Å²) in [5.41, 5.74) is 4.55. The standard InChI is InChI=1S/C30H31ClN2O3/c1-5-35-27-17-21(10-12-26(27)36-19-22-7-6-8-23(31)16-22)13-14-30-29(3,4)24-15-20(2)9-11-25(24)33(30)18-28(34)32-30/h6-17H,5,18-19H2,1-4H3,(H,32,34)/b14-13+/t30-/m0/s1. The zero-order valence-electron chi connectivity index (χ0n) is 21.1. The number of fused-ring (bicyclic) bond motifs is 3. The molecule has 3 aromatic carbocycles. The average molecular weight is 503 g/mol. The number of nitrogens with one attached hydrogen (secondary N) is 1. The molecule has 2 aliphatic heterocycles. The van der Waals surface area contributed by atoms with E-state index in [4.69, 9.17) is 21.1 Å². The van der Waals surface area contributed by atoms with Gasteiger partial charge in [-0.15, -0.1) is 0 Å². The van der Waals surface area contributed by atoms with Crippen molar-refractivity contribution in [2.45, 2.75) is 45.4 Å². The Labute approximate surface area is 217 Å². The molecule has 2 heterocycles. The predicted molar refractivity (Wildman–Crippen MR) is 145 cm³/mol. The molecule has 1 saturated heterocycles. The van der Waals surface area contributed by atoms with Crippen LogP contribution in [0.2, 0.25) is 5.02 Å². The highest BCUT2D eigenvalue weighted by Crippen LogP contribution is 2.53. The van der Waals surface area contributed by atoms with Gasteiger partial charge in [0.1, 0.15) is 12.3 Å². The number of rotatable bonds is 7. The summed E-state index contributed by atoms with van der Waals surface area (Å²) in [5.74, 6) is 1.38. The van der Waals surface area contributed by atoms with Crippen LogP contribution in [0.15, 0.2) is 66.7 Å². The van der Waals surface area contributed by atoms with Crippen molar-refractivity contribution in [1.82, 2.24) is 5.32 Å². The molecular formula is C30H31ClN2O3. The summed E-state index contributed by atoms with van der Waals surface area (Å²) in [6.07, 6.45) is 4.17. The number of aryl methyl sites for hydroxylation is 1. The molecule has 1 N–H and O–H groups in total. The van der Waals surface area contributed by atoms with Crippen LogP contribution in [-0.4, -0.2) is 24.7 Å². The molecule has 1 amide bonds. The molecule has 1 atom stereocenters. The Kier molecular flexibility index (Phi) is 6.21. The number of hydrogen-bond acceptors (Lipinski definition) is 4. The predicted octanol–water partition coefficient (Wildman–Crippen LogP) is 6.26. The van der Waals surface area contributed by atoms with Gasteiger partial charge < -0.3 is 19.7 Å². The van der Waals surface area contributed by atoms with Crippen molar-refractivity contribution >= 4 is 29.3 Å². The lowest BCUT2D eigenvalue weighted by Crippen LogP contribution is -2.58. The first-order valence-corrected chi connectivity index (χ1v) is 12.6. The van der Waals surface area contributed by atoms with E-state index in [-0.39, 0.29) is 11.3 Å². The van der Waals surface area contributed by atoms with Crippen LogP contribution in [0, 0.1) is 6.92 Å². The van der Waals surface area contributed by atoms with Crippen molar-refractivity contribution in [2.24, 2.45) is 0 Å². The number of nitrogens with zero attached hydrogens (tertiary/aromatic N) is 1. The number of carbonyl (C=O) groups is 1. The van der Waals surface area contributed by atoms with Crippen LogP contribution in [0.1, 0.15) is 43.0 Å². The minimum atomic E-state index is -0.645. The zero-order chi connectivity index (χ0) is 25.5. The molecule has 0 aromatic heterocycles. The second-order valence-corrected chi connectivity index (χ2v) is 10.4. The molecule has 0 spiro atoms. The normalized spacial score (nSPS) is 19.8. The maximum Gasteiger partial charge on any atom is 0.241 e. The number of anilines is 1. The Morgan fingerprint density at radius 2 is 1.89 bits per heavy atom. The molecular weight excluding hydrogens is 472 g/mol. The van der Waals surface area contributed by atoms with Gasteiger partial charge in [0.25, 0.3) is 0 Å². The van der Waals surface area contributed by atoms with Gasteiger partial charge in [0.05, 0.1) is 13.2 Å². The van der Waals surface area contributed by atoms with Crippen molar-refractivity contribution in [1.29, 1.82) is 0 Å². The third-order valence-corrected chi connectivity index (χ3v) is 7.43. The van der Waals surface area contributed by atoms with E-state index in [0.29, 0.717) is 36.3 Å². The summed E-state index contributed by atoms with van der Waals surface area (Å²) in [7, 11) is 0. The summed E-state index contributed by atoms with van der Waals surface area (Å²) in [6.45, 7) is 9.70. The molecule has 0 aliphatic carbocycles. The van der Waals surface area contributed by atoms with Crippen LogP contribution >= 0.6 is 11.6 Å². The van der Waals surface area contributed by atoms with Gasteiger partial charge in [-0.3, -0.25) is 4.79 Å². The molecule has 186 valence electrons. The number of amides is 1. The maximum atomic E-state index is 12.6. The number of halogens is 1. The highest BCUT2D eigenvalue weighted by Gasteiger charge is 2.59. The van der Waals surface area contributed by atoms with E-state index in [9.17, 15) is 4.79 Å². The van der Waals surface area contributed by atoms with Gasteiger partial charge in [-0.05, 0) is 66.9 Å². The van der Waals surface area contributed by atoms with Crippen LogP contribution in [0.25, 0.3) is 6.08 Å². The smallest absolute Gasteiger partial charge is 0.241 e. The SMILES string of the molecule is CCOc1cc(/C=C/[C@]23NC(=O)CN2c2ccc(C)cc2C3(C)C)ccc1OCc1cccc(Cl)c1. The van der Waals surface area contributed by atoms with E-state index >= 15 is 0 Å². The topological polar surface area (TPSA) is 50.8 Å². The summed E-state index contributed by atoms with van der Waals surface area (Å²) < 4.78 is 12.0. The third kappa shape index (κ3) is 4.11. The van der Waals surface area contributed by atoms with Gasteiger partial charge in [0.2, 0.25) is 5.91 Å². The minimum absolute atomic E-state index is 0.0266. The molecule has 1 fully saturated rings. The Hall–Kier alpha value is -3.44. The van der Waals surface area contributed by atoms with E-state index in [1.54, 1.807) is 0 Å². The average Bonchev–Trinajstić information content (AvgIpc) is 3.27. The number of ether oxygens (including phenoxy) is 2. The van der Waals surface area contributed by atoms with E-state index in [0.717, 1.165) is 16.8 Å². The van der Waals surface area contributed by atoms with Gasteiger partial charge in [-0.1, -0.05) is 67.4 Å². The quantitative estimate of drug-likeness (QED) is 0.414. The Balaban J connectivity index is 1.44. The summed E-state index contributed by atoms with van der Waals surface area (Å²) in [5, 5.41) is 3.97. The zero-order valence-corrected chi connectivity index (χ0v) is 21.9. The summed E-state index contributed by atoms with van der Waals surface area (Å²) in [6, 6.07) is 20.0. The van der Waals surface area contributed by atoms with Crippen molar-refractivity contribution in [3.8, 4) is 11.5 Å². The first-order chi connectivity index (χ1) is 17.2. The highest BCUT2D eigenvalue weighted by atomic mass is 35.5.